The SMILES string of the molecule is Cc1c(C(=O)NC2COC2)cc(-c2cn(SN3CCCCC3)c3ccccc23)n1CC1CCCCC1. The molecule has 3 aliphatic rings. The largest absolute Gasteiger partial charge is 0.377 e. The molecule has 0 unspecified atom stereocenters. The van der Waals surface area contributed by atoms with Crippen LogP contribution in [0, 0.1) is 12.8 Å². The van der Waals surface area contributed by atoms with E-state index >= 15 is 0 Å². The summed E-state index contributed by atoms with van der Waals surface area (Å²) in [7, 11) is 0. The fourth-order valence-corrected chi connectivity index (χ4v) is 7.11. The number of piperidine rings is 1. The van der Waals surface area contributed by atoms with Crippen molar-refractivity contribution < 1.29 is 9.53 Å². The second kappa shape index (κ2) is 10.6. The molecule has 0 atom stereocenters. The van der Waals surface area contributed by atoms with E-state index in [9.17, 15) is 4.79 Å². The van der Waals surface area contributed by atoms with E-state index in [2.05, 4.69) is 61.6 Å². The number of nitrogens with zero attached hydrogens (tertiary/aromatic N) is 3. The molecule has 1 amide bonds. The minimum absolute atomic E-state index is 0.0240. The molecule has 3 fully saturated rings. The number of carbonyl (C=O) groups is 1. The average molecular weight is 507 g/mol. The van der Waals surface area contributed by atoms with Gasteiger partial charge in [0.15, 0.2) is 0 Å². The van der Waals surface area contributed by atoms with E-state index in [4.69, 9.17) is 4.74 Å². The quantitative estimate of drug-likeness (QED) is 0.398. The van der Waals surface area contributed by atoms with Gasteiger partial charge in [0.2, 0.25) is 0 Å². The van der Waals surface area contributed by atoms with Crippen molar-refractivity contribution in [1.29, 1.82) is 0 Å². The van der Waals surface area contributed by atoms with Crippen LogP contribution in [0.4, 0.5) is 0 Å². The van der Waals surface area contributed by atoms with Crippen molar-refractivity contribution in [3.63, 3.8) is 0 Å². The second-order valence-electron chi connectivity index (χ2n) is 10.8. The summed E-state index contributed by atoms with van der Waals surface area (Å²) in [5.74, 6) is 0.700. The van der Waals surface area contributed by atoms with Gasteiger partial charge in [-0.3, -0.25) is 8.77 Å². The van der Waals surface area contributed by atoms with Crippen LogP contribution in [0.3, 0.4) is 0 Å². The summed E-state index contributed by atoms with van der Waals surface area (Å²) >= 11 is 1.83. The predicted molar refractivity (Wildman–Crippen MR) is 147 cm³/mol. The number of ether oxygens (including phenoxy) is 1. The van der Waals surface area contributed by atoms with Crippen LogP contribution in [-0.2, 0) is 11.3 Å². The van der Waals surface area contributed by atoms with Crippen LogP contribution in [0.15, 0.2) is 36.5 Å². The van der Waals surface area contributed by atoms with Crippen molar-refractivity contribution in [2.75, 3.05) is 26.3 Å². The standard InChI is InChI=1S/C29H38N4O2S/c1-21-25(29(34)30-23-19-35-20-23)16-28(32(21)17-22-10-4-2-5-11-22)26-18-33(27-13-7-6-12-24(26)27)36-31-14-8-3-9-15-31/h6-7,12-13,16,18,22-23H,2-5,8-11,14-15,17,19-20H2,1H3,(H,30,34). The van der Waals surface area contributed by atoms with E-state index in [1.54, 1.807) is 0 Å². The molecule has 2 saturated heterocycles. The third kappa shape index (κ3) is 4.85. The number of benzene rings is 1. The zero-order chi connectivity index (χ0) is 24.5. The highest BCUT2D eigenvalue weighted by atomic mass is 32.2. The third-order valence-corrected chi connectivity index (χ3v) is 9.30. The number of para-hydroxylation sites is 1. The van der Waals surface area contributed by atoms with Gasteiger partial charge in [-0.15, -0.1) is 0 Å². The summed E-state index contributed by atoms with van der Waals surface area (Å²) in [5.41, 5.74) is 5.51. The molecular formula is C29H38N4O2S. The van der Waals surface area contributed by atoms with E-state index in [0.717, 1.165) is 30.9 Å². The number of aromatic nitrogens is 2. The Hall–Kier alpha value is -2.22. The van der Waals surface area contributed by atoms with Crippen LogP contribution >= 0.6 is 12.1 Å². The van der Waals surface area contributed by atoms with Gasteiger partial charge in [0, 0.05) is 54.6 Å². The number of nitrogens with one attached hydrogen (secondary N) is 1. The van der Waals surface area contributed by atoms with Gasteiger partial charge < -0.3 is 14.6 Å². The molecule has 4 heterocycles. The van der Waals surface area contributed by atoms with E-state index in [-0.39, 0.29) is 11.9 Å². The molecule has 1 N–H and O–H groups in total. The van der Waals surface area contributed by atoms with Crippen molar-refractivity contribution in [3.05, 3.63) is 47.8 Å². The lowest BCUT2D eigenvalue weighted by atomic mass is 9.89. The molecular weight excluding hydrogens is 468 g/mol. The first-order valence-electron chi connectivity index (χ1n) is 13.8. The average Bonchev–Trinajstić information content (AvgIpc) is 3.40. The van der Waals surface area contributed by atoms with Gasteiger partial charge in [0.25, 0.3) is 5.91 Å². The number of hydrogen-bond donors (Lipinski definition) is 1. The molecule has 3 aromatic rings. The maximum atomic E-state index is 13.3. The summed E-state index contributed by atoms with van der Waals surface area (Å²) in [5, 5.41) is 4.43. The fourth-order valence-electron chi connectivity index (χ4n) is 6.04. The molecule has 2 aromatic heterocycles. The lowest BCUT2D eigenvalue weighted by Crippen LogP contribution is -2.48. The van der Waals surface area contributed by atoms with E-state index in [1.165, 1.54) is 73.5 Å². The predicted octanol–water partition coefficient (Wildman–Crippen LogP) is 6.02. The van der Waals surface area contributed by atoms with Gasteiger partial charge in [-0.1, -0.05) is 43.9 Å². The smallest absolute Gasteiger partial charge is 0.253 e. The van der Waals surface area contributed by atoms with Gasteiger partial charge in [-0.25, -0.2) is 4.31 Å². The Morgan fingerprint density at radius 1 is 1.06 bits per heavy atom. The number of hydrogen-bond acceptors (Lipinski definition) is 4. The summed E-state index contributed by atoms with van der Waals surface area (Å²) in [6.45, 7) is 6.61. The van der Waals surface area contributed by atoms with Crippen molar-refractivity contribution >= 4 is 28.9 Å². The highest BCUT2D eigenvalue weighted by Gasteiger charge is 2.27. The zero-order valence-corrected chi connectivity index (χ0v) is 22.2. The summed E-state index contributed by atoms with van der Waals surface area (Å²) in [6, 6.07) is 11.0. The Bertz CT molecular complexity index is 1220. The number of amides is 1. The zero-order valence-electron chi connectivity index (χ0n) is 21.4. The molecule has 0 spiro atoms. The first-order valence-corrected chi connectivity index (χ1v) is 14.5. The fraction of sp³-hybridized carbons (Fsp3) is 0.552. The molecule has 1 saturated carbocycles. The molecule has 1 aromatic carbocycles. The van der Waals surface area contributed by atoms with Crippen molar-refractivity contribution in [1.82, 2.24) is 18.2 Å². The van der Waals surface area contributed by atoms with Crippen molar-refractivity contribution in [2.24, 2.45) is 5.92 Å². The topological polar surface area (TPSA) is 51.4 Å². The normalized spacial score (nSPS) is 20.0. The summed E-state index contributed by atoms with van der Waals surface area (Å²) in [4.78, 5) is 13.3. The Morgan fingerprint density at radius 2 is 1.81 bits per heavy atom. The maximum absolute atomic E-state index is 13.3. The highest BCUT2D eigenvalue weighted by Crippen LogP contribution is 2.38. The molecule has 7 heteroatoms. The molecule has 6 rings (SSSR count). The Balaban J connectivity index is 1.40. The van der Waals surface area contributed by atoms with E-state index in [1.807, 2.05) is 12.1 Å². The van der Waals surface area contributed by atoms with E-state index < -0.39 is 0 Å². The van der Waals surface area contributed by atoms with Crippen LogP contribution in [0.1, 0.15) is 67.4 Å². The lowest BCUT2D eigenvalue weighted by molar-refractivity contribution is -0.00347. The van der Waals surface area contributed by atoms with E-state index in [0.29, 0.717) is 19.1 Å². The second-order valence-corrected chi connectivity index (χ2v) is 11.9. The van der Waals surface area contributed by atoms with Crippen LogP contribution in [-0.4, -0.2) is 51.1 Å². The Labute approximate surface area is 218 Å². The Kier molecular flexibility index (Phi) is 7.13. The third-order valence-electron chi connectivity index (χ3n) is 8.22. The van der Waals surface area contributed by atoms with Gasteiger partial charge in [0.05, 0.1) is 36.0 Å². The molecule has 0 radical (unpaired) electrons. The molecule has 0 bridgehead atoms. The molecule has 6 nitrogen and oxygen atoms in total. The Morgan fingerprint density at radius 3 is 2.56 bits per heavy atom. The van der Waals surface area contributed by atoms with Crippen LogP contribution in [0.2, 0.25) is 0 Å². The summed E-state index contributed by atoms with van der Waals surface area (Å²) in [6.07, 6.45) is 12.7. The van der Waals surface area contributed by atoms with Crippen LogP contribution in [0.25, 0.3) is 22.2 Å². The molecule has 2 aliphatic heterocycles. The van der Waals surface area contributed by atoms with Crippen molar-refractivity contribution in [2.45, 2.75) is 70.9 Å². The van der Waals surface area contributed by atoms with Crippen molar-refractivity contribution in [3.8, 4) is 11.3 Å². The first kappa shape index (κ1) is 24.1. The maximum Gasteiger partial charge on any atom is 0.253 e. The molecule has 36 heavy (non-hydrogen) atoms. The number of rotatable bonds is 7. The highest BCUT2D eigenvalue weighted by molar-refractivity contribution is 7.95. The number of fused-ring (bicyclic) bond motifs is 1. The van der Waals surface area contributed by atoms with Gasteiger partial charge in [-0.2, -0.15) is 0 Å². The van der Waals surface area contributed by atoms with Gasteiger partial charge in [-0.05, 0) is 50.7 Å². The van der Waals surface area contributed by atoms with Gasteiger partial charge in [0.1, 0.15) is 0 Å². The minimum Gasteiger partial charge on any atom is -0.377 e. The monoisotopic (exact) mass is 506 g/mol. The lowest BCUT2D eigenvalue weighted by Gasteiger charge is -2.27. The minimum atomic E-state index is 0.0240. The number of carbonyl (C=O) groups excluding carboxylic acids is 1. The van der Waals surface area contributed by atoms with Gasteiger partial charge >= 0.3 is 0 Å². The first-order chi connectivity index (χ1) is 17.7. The van der Waals surface area contributed by atoms with Crippen LogP contribution in [0.5, 0.6) is 0 Å². The summed E-state index contributed by atoms with van der Waals surface area (Å²) < 4.78 is 12.6. The van der Waals surface area contributed by atoms with Crippen LogP contribution < -0.4 is 5.32 Å². The molecule has 1 aliphatic carbocycles. The molecule has 192 valence electrons.